The lowest BCUT2D eigenvalue weighted by Gasteiger charge is -2.42. The van der Waals surface area contributed by atoms with Crippen molar-refractivity contribution in [2.45, 2.75) is 25.4 Å². The molecule has 0 saturated carbocycles. The first-order valence-electron chi connectivity index (χ1n) is 6.50. The van der Waals surface area contributed by atoms with Crippen LogP contribution in [0.4, 0.5) is 0 Å². The van der Waals surface area contributed by atoms with Crippen LogP contribution in [0.25, 0.3) is 0 Å². The molecule has 0 radical (unpaired) electrons. The van der Waals surface area contributed by atoms with E-state index in [-0.39, 0.29) is 6.04 Å². The molecule has 0 aliphatic carbocycles. The van der Waals surface area contributed by atoms with Crippen LogP contribution in [0, 0.1) is 11.3 Å². The van der Waals surface area contributed by atoms with Crippen molar-refractivity contribution in [2.75, 3.05) is 26.7 Å². The summed E-state index contributed by atoms with van der Waals surface area (Å²) in [5.74, 6) is 0. The Morgan fingerprint density at radius 1 is 1.44 bits per heavy atom. The van der Waals surface area contributed by atoms with Crippen molar-refractivity contribution in [2.24, 2.45) is 0 Å². The molecule has 4 nitrogen and oxygen atoms in total. The molecule has 1 aliphatic heterocycles. The predicted octanol–water partition coefficient (Wildman–Crippen LogP) is 1.67. The fraction of sp³-hybridized carbons (Fsp3) is 0.571. The first-order chi connectivity index (χ1) is 8.76. The van der Waals surface area contributed by atoms with E-state index in [0.717, 1.165) is 31.6 Å². The molecule has 0 bridgehead atoms. The van der Waals surface area contributed by atoms with Gasteiger partial charge in [0.05, 0.1) is 6.07 Å². The SMILES string of the molecule is CCC1CN(C)CCN1C(C#N)c1ccncc1. The molecule has 0 spiro atoms. The van der Waals surface area contributed by atoms with Crippen molar-refractivity contribution in [1.29, 1.82) is 5.26 Å². The standard InChI is InChI=1S/C14H20N4/c1-3-13-11-17(2)8-9-18(13)14(10-15)12-4-6-16-7-5-12/h4-7,13-14H,3,8-9,11H2,1-2H3. The molecular formula is C14H20N4. The summed E-state index contributed by atoms with van der Waals surface area (Å²) in [7, 11) is 2.15. The molecule has 1 aromatic rings. The minimum Gasteiger partial charge on any atom is -0.304 e. The molecule has 1 saturated heterocycles. The first-order valence-corrected chi connectivity index (χ1v) is 6.50. The normalized spacial score (nSPS) is 23.5. The quantitative estimate of drug-likeness (QED) is 0.811. The Labute approximate surface area is 109 Å². The van der Waals surface area contributed by atoms with Crippen LogP contribution in [0.1, 0.15) is 24.9 Å². The molecule has 1 aliphatic rings. The van der Waals surface area contributed by atoms with E-state index in [2.05, 4.69) is 34.8 Å². The topological polar surface area (TPSA) is 43.2 Å². The summed E-state index contributed by atoms with van der Waals surface area (Å²) in [4.78, 5) is 8.69. The van der Waals surface area contributed by atoms with E-state index < -0.39 is 0 Å². The van der Waals surface area contributed by atoms with Gasteiger partial charge in [-0.2, -0.15) is 5.26 Å². The maximum Gasteiger partial charge on any atom is 0.124 e. The van der Waals surface area contributed by atoms with Gasteiger partial charge < -0.3 is 4.90 Å². The average Bonchev–Trinajstić information content (AvgIpc) is 2.42. The Balaban J connectivity index is 2.20. The number of piperazine rings is 1. The smallest absolute Gasteiger partial charge is 0.124 e. The van der Waals surface area contributed by atoms with Gasteiger partial charge >= 0.3 is 0 Å². The first kappa shape index (κ1) is 13.0. The Morgan fingerprint density at radius 2 is 2.17 bits per heavy atom. The summed E-state index contributed by atoms with van der Waals surface area (Å²) in [6, 6.07) is 6.65. The summed E-state index contributed by atoms with van der Waals surface area (Å²) in [6.07, 6.45) is 4.60. The van der Waals surface area contributed by atoms with Crippen LogP contribution in [0.2, 0.25) is 0 Å². The molecule has 1 aromatic heterocycles. The second kappa shape index (κ2) is 5.94. The maximum absolute atomic E-state index is 9.49. The highest BCUT2D eigenvalue weighted by atomic mass is 15.3. The highest BCUT2D eigenvalue weighted by molar-refractivity contribution is 5.22. The lowest BCUT2D eigenvalue weighted by Crippen LogP contribution is -2.52. The minimum absolute atomic E-state index is 0.147. The maximum atomic E-state index is 9.49. The molecule has 2 rings (SSSR count). The lowest BCUT2D eigenvalue weighted by atomic mass is 10.0. The summed E-state index contributed by atoms with van der Waals surface area (Å²) in [6.45, 7) is 5.22. The van der Waals surface area contributed by atoms with Crippen molar-refractivity contribution in [1.82, 2.24) is 14.8 Å². The monoisotopic (exact) mass is 244 g/mol. The molecule has 2 atom stereocenters. The van der Waals surface area contributed by atoms with Crippen molar-refractivity contribution in [3.63, 3.8) is 0 Å². The predicted molar refractivity (Wildman–Crippen MR) is 70.9 cm³/mol. The molecule has 18 heavy (non-hydrogen) atoms. The molecule has 96 valence electrons. The number of hydrogen-bond donors (Lipinski definition) is 0. The van der Waals surface area contributed by atoms with E-state index in [0.29, 0.717) is 6.04 Å². The van der Waals surface area contributed by atoms with Crippen molar-refractivity contribution in [3.05, 3.63) is 30.1 Å². The second-order valence-corrected chi connectivity index (χ2v) is 4.87. The number of hydrogen-bond acceptors (Lipinski definition) is 4. The molecule has 0 amide bonds. The van der Waals surface area contributed by atoms with E-state index in [4.69, 9.17) is 0 Å². The van der Waals surface area contributed by atoms with Gasteiger partial charge in [0.25, 0.3) is 0 Å². The van der Waals surface area contributed by atoms with Gasteiger partial charge in [-0.1, -0.05) is 6.92 Å². The van der Waals surface area contributed by atoms with Gasteiger partial charge in [-0.15, -0.1) is 0 Å². The van der Waals surface area contributed by atoms with E-state index in [1.807, 2.05) is 12.1 Å². The van der Waals surface area contributed by atoms with Gasteiger partial charge in [0.15, 0.2) is 0 Å². The van der Waals surface area contributed by atoms with E-state index in [9.17, 15) is 5.26 Å². The van der Waals surface area contributed by atoms with E-state index in [1.165, 1.54) is 0 Å². The molecule has 1 fully saturated rings. The van der Waals surface area contributed by atoms with Crippen LogP contribution in [0.15, 0.2) is 24.5 Å². The van der Waals surface area contributed by atoms with Gasteiger partial charge in [0.1, 0.15) is 6.04 Å². The third-order valence-corrected chi connectivity index (χ3v) is 3.68. The Morgan fingerprint density at radius 3 is 2.78 bits per heavy atom. The largest absolute Gasteiger partial charge is 0.304 e. The molecule has 2 unspecified atom stereocenters. The fourth-order valence-corrected chi connectivity index (χ4v) is 2.61. The van der Waals surface area contributed by atoms with Crippen molar-refractivity contribution >= 4 is 0 Å². The Bertz CT molecular complexity index is 412. The van der Waals surface area contributed by atoms with Gasteiger partial charge in [-0.05, 0) is 31.2 Å². The van der Waals surface area contributed by atoms with Crippen LogP contribution in [-0.4, -0.2) is 47.5 Å². The van der Waals surface area contributed by atoms with Crippen LogP contribution >= 0.6 is 0 Å². The third-order valence-electron chi connectivity index (χ3n) is 3.68. The lowest BCUT2D eigenvalue weighted by molar-refractivity contribution is 0.0675. The van der Waals surface area contributed by atoms with Gasteiger partial charge in [-0.3, -0.25) is 9.88 Å². The highest BCUT2D eigenvalue weighted by Crippen LogP contribution is 2.25. The van der Waals surface area contributed by atoms with Gasteiger partial charge in [-0.25, -0.2) is 0 Å². The summed E-state index contributed by atoms with van der Waals surface area (Å²) in [5, 5.41) is 9.49. The zero-order chi connectivity index (χ0) is 13.0. The minimum atomic E-state index is -0.147. The molecular weight excluding hydrogens is 224 g/mol. The van der Waals surface area contributed by atoms with Crippen LogP contribution in [0.3, 0.4) is 0 Å². The number of rotatable bonds is 3. The van der Waals surface area contributed by atoms with Gasteiger partial charge in [0, 0.05) is 38.1 Å². The summed E-state index contributed by atoms with van der Waals surface area (Å²) < 4.78 is 0. The zero-order valence-electron chi connectivity index (χ0n) is 11.1. The zero-order valence-corrected chi connectivity index (χ0v) is 11.1. The Hall–Kier alpha value is -1.44. The summed E-state index contributed by atoms with van der Waals surface area (Å²) in [5.41, 5.74) is 1.05. The summed E-state index contributed by atoms with van der Waals surface area (Å²) >= 11 is 0. The molecule has 2 heterocycles. The van der Waals surface area contributed by atoms with Crippen LogP contribution in [-0.2, 0) is 0 Å². The Kier molecular flexibility index (Phi) is 4.29. The van der Waals surface area contributed by atoms with Crippen molar-refractivity contribution < 1.29 is 0 Å². The highest BCUT2D eigenvalue weighted by Gasteiger charge is 2.30. The average molecular weight is 244 g/mol. The molecule has 0 N–H and O–H groups in total. The van der Waals surface area contributed by atoms with E-state index >= 15 is 0 Å². The number of nitriles is 1. The van der Waals surface area contributed by atoms with Crippen LogP contribution < -0.4 is 0 Å². The third kappa shape index (κ3) is 2.69. The second-order valence-electron chi connectivity index (χ2n) is 4.87. The van der Waals surface area contributed by atoms with Crippen LogP contribution in [0.5, 0.6) is 0 Å². The number of likely N-dealkylation sites (N-methyl/N-ethyl adjacent to an activating group) is 1. The number of nitrogens with zero attached hydrogens (tertiary/aromatic N) is 4. The van der Waals surface area contributed by atoms with Crippen molar-refractivity contribution in [3.8, 4) is 6.07 Å². The van der Waals surface area contributed by atoms with Gasteiger partial charge in [0.2, 0.25) is 0 Å². The number of aromatic nitrogens is 1. The molecule has 4 heteroatoms. The number of pyridine rings is 1. The molecule has 0 aromatic carbocycles. The van der Waals surface area contributed by atoms with E-state index in [1.54, 1.807) is 12.4 Å². The fourth-order valence-electron chi connectivity index (χ4n) is 2.61.